The van der Waals surface area contributed by atoms with E-state index >= 15 is 0 Å². The minimum absolute atomic E-state index is 0.339. The largest absolute Gasteiger partial charge is 0.494 e. The standard InChI is InChI=1S/C21H15FN2O2S/c1-26-17-12-11-16(13-5-3-2-4-6-13)19-18(17)23-21(27-19)24-20(25)14-7-9-15(22)10-8-14/h2-12H,1H3,(H,23,24,25). The van der Waals surface area contributed by atoms with Crippen molar-refractivity contribution < 1.29 is 13.9 Å². The number of halogens is 1. The van der Waals surface area contributed by atoms with Crippen LogP contribution in [0.4, 0.5) is 9.52 Å². The van der Waals surface area contributed by atoms with E-state index in [-0.39, 0.29) is 11.7 Å². The van der Waals surface area contributed by atoms with Gasteiger partial charge in [-0.05, 0) is 42.0 Å². The fraction of sp³-hybridized carbons (Fsp3) is 0.0476. The van der Waals surface area contributed by atoms with Crippen LogP contribution < -0.4 is 10.1 Å². The van der Waals surface area contributed by atoms with Crippen molar-refractivity contribution >= 4 is 32.6 Å². The number of carbonyl (C=O) groups excluding carboxylic acids is 1. The number of thiazole rings is 1. The van der Waals surface area contributed by atoms with Crippen molar-refractivity contribution in [1.29, 1.82) is 0 Å². The van der Waals surface area contributed by atoms with E-state index in [1.165, 1.54) is 35.6 Å². The molecule has 0 radical (unpaired) electrons. The topological polar surface area (TPSA) is 51.2 Å². The molecule has 6 heteroatoms. The van der Waals surface area contributed by atoms with E-state index in [9.17, 15) is 9.18 Å². The van der Waals surface area contributed by atoms with Crippen molar-refractivity contribution in [3.8, 4) is 16.9 Å². The maximum absolute atomic E-state index is 13.0. The summed E-state index contributed by atoms with van der Waals surface area (Å²) in [6.45, 7) is 0. The Morgan fingerprint density at radius 3 is 2.48 bits per heavy atom. The quantitative estimate of drug-likeness (QED) is 0.520. The minimum Gasteiger partial charge on any atom is -0.494 e. The first-order chi connectivity index (χ1) is 13.2. The molecule has 0 saturated heterocycles. The van der Waals surface area contributed by atoms with Crippen molar-refractivity contribution in [3.05, 3.63) is 78.1 Å². The number of fused-ring (bicyclic) bond motifs is 1. The average Bonchev–Trinajstić information content (AvgIpc) is 3.11. The summed E-state index contributed by atoms with van der Waals surface area (Å²) in [5, 5.41) is 3.25. The lowest BCUT2D eigenvalue weighted by molar-refractivity contribution is 0.102. The van der Waals surface area contributed by atoms with E-state index < -0.39 is 0 Å². The molecule has 1 N–H and O–H groups in total. The number of hydrogen-bond donors (Lipinski definition) is 1. The van der Waals surface area contributed by atoms with Crippen LogP contribution in [0.15, 0.2) is 66.7 Å². The van der Waals surface area contributed by atoms with Crippen LogP contribution >= 0.6 is 11.3 Å². The number of anilines is 1. The summed E-state index contributed by atoms with van der Waals surface area (Å²) in [5.74, 6) is -0.0822. The maximum Gasteiger partial charge on any atom is 0.257 e. The fourth-order valence-corrected chi connectivity index (χ4v) is 3.83. The Kier molecular flexibility index (Phi) is 4.56. The molecule has 4 rings (SSSR count). The van der Waals surface area contributed by atoms with Gasteiger partial charge in [-0.15, -0.1) is 0 Å². The Balaban J connectivity index is 1.74. The number of carbonyl (C=O) groups is 1. The molecule has 0 aliphatic rings. The van der Waals surface area contributed by atoms with Gasteiger partial charge in [-0.2, -0.15) is 0 Å². The molecule has 1 heterocycles. The van der Waals surface area contributed by atoms with Gasteiger partial charge in [0, 0.05) is 11.1 Å². The number of nitrogens with one attached hydrogen (secondary N) is 1. The summed E-state index contributed by atoms with van der Waals surface area (Å²) < 4.78 is 19.4. The Morgan fingerprint density at radius 2 is 1.78 bits per heavy atom. The predicted octanol–water partition coefficient (Wildman–Crippen LogP) is 5.36. The van der Waals surface area contributed by atoms with Gasteiger partial charge in [-0.25, -0.2) is 9.37 Å². The van der Waals surface area contributed by atoms with Crippen LogP contribution in [-0.2, 0) is 0 Å². The molecule has 27 heavy (non-hydrogen) atoms. The van der Waals surface area contributed by atoms with Gasteiger partial charge in [-0.1, -0.05) is 41.7 Å². The van der Waals surface area contributed by atoms with E-state index in [0.717, 1.165) is 15.8 Å². The summed E-state index contributed by atoms with van der Waals surface area (Å²) in [6, 6.07) is 19.2. The molecule has 4 aromatic rings. The zero-order valence-corrected chi connectivity index (χ0v) is 15.2. The summed E-state index contributed by atoms with van der Waals surface area (Å²) >= 11 is 1.38. The molecule has 0 aliphatic heterocycles. The zero-order chi connectivity index (χ0) is 18.8. The molecule has 0 bridgehead atoms. The molecule has 0 aliphatic carbocycles. The number of ether oxygens (including phenoxy) is 1. The normalized spacial score (nSPS) is 10.7. The van der Waals surface area contributed by atoms with Crippen molar-refractivity contribution in [1.82, 2.24) is 4.98 Å². The van der Waals surface area contributed by atoms with Crippen LogP contribution in [0.5, 0.6) is 5.75 Å². The lowest BCUT2D eigenvalue weighted by atomic mass is 10.1. The molecule has 134 valence electrons. The van der Waals surface area contributed by atoms with Crippen molar-refractivity contribution in [2.75, 3.05) is 12.4 Å². The number of aromatic nitrogens is 1. The third-order valence-corrected chi connectivity index (χ3v) is 5.14. The van der Waals surface area contributed by atoms with E-state index in [4.69, 9.17) is 4.74 Å². The van der Waals surface area contributed by atoms with Crippen LogP contribution in [0.1, 0.15) is 10.4 Å². The van der Waals surface area contributed by atoms with Gasteiger partial charge >= 0.3 is 0 Å². The van der Waals surface area contributed by atoms with Gasteiger partial charge in [0.1, 0.15) is 17.1 Å². The molecule has 4 nitrogen and oxygen atoms in total. The molecule has 0 unspecified atom stereocenters. The average molecular weight is 378 g/mol. The van der Waals surface area contributed by atoms with Crippen molar-refractivity contribution in [2.45, 2.75) is 0 Å². The van der Waals surface area contributed by atoms with Crippen molar-refractivity contribution in [2.24, 2.45) is 0 Å². The highest BCUT2D eigenvalue weighted by molar-refractivity contribution is 7.23. The second-order valence-electron chi connectivity index (χ2n) is 5.84. The lowest BCUT2D eigenvalue weighted by Gasteiger charge is -2.05. The van der Waals surface area contributed by atoms with E-state index in [1.54, 1.807) is 7.11 Å². The Hall–Kier alpha value is -3.25. The van der Waals surface area contributed by atoms with E-state index in [2.05, 4.69) is 10.3 Å². The van der Waals surface area contributed by atoms with Crippen LogP contribution in [0.2, 0.25) is 0 Å². The molecule has 0 atom stereocenters. The molecule has 3 aromatic carbocycles. The number of benzene rings is 3. The van der Waals surface area contributed by atoms with Gasteiger partial charge in [0.2, 0.25) is 0 Å². The monoisotopic (exact) mass is 378 g/mol. The summed E-state index contributed by atoms with van der Waals surface area (Å²) in [5.41, 5.74) is 3.14. The molecule has 1 aromatic heterocycles. The number of nitrogens with zero attached hydrogens (tertiary/aromatic N) is 1. The molecule has 0 spiro atoms. The van der Waals surface area contributed by atoms with Gasteiger partial charge in [-0.3, -0.25) is 10.1 Å². The Labute approximate surface area is 159 Å². The first-order valence-electron chi connectivity index (χ1n) is 8.25. The van der Waals surface area contributed by atoms with E-state index in [1.807, 2.05) is 42.5 Å². The smallest absolute Gasteiger partial charge is 0.257 e. The highest BCUT2D eigenvalue weighted by Crippen LogP contribution is 2.39. The van der Waals surface area contributed by atoms with Crippen LogP contribution in [0.25, 0.3) is 21.3 Å². The summed E-state index contributed by atoms with van der Waals surface area (Å²) in [7, 11) is 1.59. The highest BCUT2D eigenvalue weighted by atomic mass is 32.1. The first kappa shape index (κ1) is 17.2. The van der Waals surface area contributed by atoms with Gasteiger partial charge in [0.25, 0.3) is 5.91 Å². The lowest BCUT2D eigenvalue weighted by Crippen LogP contribution is -2.11. The minimum atomic E-state index is -0.385. The molecule has 0 saturated carbocycles. The molecular formula is C21H15FN2O2S. The van der Waals surface area contributed by atoms with Crippen molar-refractivity contribution in [3.63, 3.8) is 0 Å². The summed E-state index contributed by atoms with van der Waals surface area (Å²) in [4.78, 5) is 17.0. The highest BCUT2D eigenvalue weighted by Gasteiger charge is 2.16. The Bertz CT molecular complexity index is 1110. The summed E-state index contributed by atoms with van der Waals surface area (Å²) in [6.07, 6.45) is 0. The second kappa shape index (κ2) is 7.17. The molecule has 0 fully saturated rings. The fourth-order valence-electron chi connectivity index (χ4n) is 2.82. The number of rotatable bonds is 4. The number of hydrogen-bond acceptors (Lipinski definition) is 4. The van der Waals surface area contributed by atoms with Crippen LogP contribution in [-0.4, -0.2) is 18.0 Å². The van der Waals surface area contributed by atoms with Gasteiger partial charge in [0.05, 0.1) is 11.8 Å². The number of methoxy groups -OCH3 is 1. The number of amides is 1. The second-order valence-corrected chi connectivity index (χ2v) is 6.84. The third-order valence-electron chi connectivity index (χ3n) is 4.14. The SMILES string of the molecule is COc1ccc(-c2ccccc2)c2sc(NC(=O)c3ccc(F)cc3)nc12. The van der Waals surface area contributed by atoms with Crippen LogP contribution in [0, 0.1) is 5.82 Å². The third kappa shape index (κ3) is 3.39. The first-order valence-corrected chi connectivity index (χ1v) is 9.07. The molecular weight excluding hydrogens is 363 g/mol. The van der Waals surface area contributed by atoms with E-state index in [0.29, 0.717) is 22.0 Å². The van der Waals surface area contributed by atoms with Crippen LogP contribution in [0.3, 0.4) is 0 Å². The predicted molar refractivity (Wildman–Crippen MR) is 106 cm³/mol. The zero-order valence-electron chi connectivity index (χ0n) is 14.4. The maximum atomic E-state index is 13.0. The van der Waals surface area contributed by atoms with Gasteiger partial charge in [0.15, 0.2) is 5.13 Å². The molecule has 1 amide bonds. The van der Waals surface area contributed by atoms with Gasteiger partial charge < -0.3 is 4.74 Å². The Morgan fingerprint density at radius 1 is 1.04 bits per heavy atom.